The lowest BCUT2D eigenvalue weighted by atomic mass is 10.0. The van der Waals surface area contributed by atoms with Crippen molar-refractivity contribution in [2.24, 2.45) is 16.7 Å². The molecule has 1 aliphatic rings. The Morgan fingerprint density at radius 2 is 1.73 bits per heavy atom. The van der Waals surface area contributed by atoms with Gasteiger partial charge in [0.25, 0.3) is 0 Å². The minimum Gasteiger partial charge on any atom is -0.342 e. The maximum Gasteiger partial charge on any atom is 0.226 e. The van der Waals surface area contributed by atoms with Gasteiger partial charge in [0.1, 0.15) is 0 Å². The predicted molar refractivity (Wildman–Crippen MR) is 67.1 cm³/mol. The lowest BCUT2D eigenvalue weighted by Crippen LogP contribution is -2.35. The van der Waals surface area contributed by atoms with Crippen molar-refractivity contribution in [3.8, 4) is 0 Å². The van der Waals surface area contributed by atoms with Crippen LogP contribution < -0.4 is 0 Å². The van der Waals surface area contributed by atoms with Crippen molar-refractivity contribution < 1.29 is 4.79 Å². The number of hydrogen-bond acceptors (Lipinski definition) is 1. The van der Waals surface area contributed by atoms with E-state index in [2.05, 4.69) is 43.6 Å². The normalized spacial score (nSPS) is 22.5. The lowest BCUT2D eigenvalue weighted by Gasteiger charge is -2.20. The van der Waals surface area contributed by atoms with Crippen LogP contribution in [0, 0.1) is 16.7 Å². The van der Waals surface area contributed by atoms with Crippen molar-refractivity contribution in [2.45, 2.75) is 34.6 Å². The quantitative estimate of drug-likeness (QED) is 0.723. The second-order valence-electron chi connectivity index (χ2n) is 5.48. The molecule has 0 unspecified atom stereocenters. The SMILES string of the molecule is CCN(CCBr)C(=O)C1C(C)(C)C1(C)C. The molecule has 0 aromatic heterocycles. The lowest BCUT2D eigenvalue weighted by molar-refractivity contribution is -0.133. The number of amides is 1. The largest absolute Gasteiger partial charge is 0.342 e. The summed E-state index contributed by atoms with van der Waals surface area (Å²) in [6.45, 7) is 12.4. The van der Waals surface area contributed by atoms with Gasteiger partial charge in [-0.25, -0.2) is 0 Å². The van der Waals surface area contributed by atoms with Crippen LogP contribution in [0.5, 0.6) is 0 Å². The van der Waals surface area contributed by atoms with E-state index in [1.165, 1.54) is 0 Å². The zero-order valence-corrected chi connectivity index (χ0v) is 12.0. The summed E-state index contributed by atoms with van der Waals surface area (Å²) in [5, 5.41) is 0.861. The topological polar surface area (TPSA) is 20.3 Å². The third-order valence-electron chi connectivity index (χ3n) is 4.32. The Hall–Kier alpha value is -0.0500. The fourth-order valence-corrected chi connectivity index (χ4v) is 2.95. The van der Waals surface area contributed by atoms with Gasteiger partial charge in [-0.15, -0.1) is 0 Å². The number of rotatable bonds is 4. The number of hydrogen-bond donors (Lipinski definition) is 0. The van der Waals surface area contributed by atoms with E-state index in [-0.39, 0.29) is 16.7 Å². The molecule has 0 bridgehead atoms. The van der Waals surface area contributed by atoms with E-state index in [0.29, 0.717) is 5.91 Å². The molecule has 0 spiro atoms. The van der Waals surface area contributed by atoms with Crippen LogP contribution in [-0.2, 0) is 4.79 Å². The minimum absolute atomic E-state index is 0.157. The van der Waals surface area contributed by atoms with Crippen LogP contribution in [0.15, 0.2) is 0 Å². The summed E-state index contributed by atoms with van der Waals surface area (Å²) in [5.41, 5.74) is 0.313. The maximum atomic E-state index is 12.3. The molecule has 0 aromatic rings. The second-order valence-corrected chi connectivity index (χ2v) is 6.28. The highest BCUT2D eigenvalue weighted by Gasteiger charge is 2.68. The second kappa shape index (κ2) is 4.08. The molecule has 1 amide bonds. The molecule has 0 aliphatic heterocycles. The molecule has 0 radical (unpaired) electrons. The average Bonchev–Trinajstić information content (AvgIpc) is 2.52. The summed E-state index contributed by atoms with van der Waals surface area (Å²) in [5.74, 6) is 0.524. The standard InChI is InChI=1S/C12H22BrNO/c1-6-14(8-7-13)10(15)9-11(2,3)12(9,4)5/h9H,6-8H2,1-5H3. The molecule has 1 aliphatic carbocycles. The summed E-state index contributed by atoms with van der Waals surface area (Å²) in [4.78, 5) is 14.2. The highest BCUT2D eigenvalue weighted by molar-refractivity contribution is 9.09. The van der Waals surface area contributed by atoms with Gasteiger partial charge in [-0.1, -0.05) is 43.6 Å². The maximum absolute atomic E-state index is 12.3. The number of alkyl halides is 1. The van der Waals surface area contributed by atoms with E-state index in [4.69, 9.17) is 0 Å². The fraction of sp³-hybridized carbons (Fsp3) is 0.917. The van der Waals surface area contributed by atoms with Crippen LogP contribution in [0.1, 0.15) is 34.6 Å². The third-order valence-corrected chi connectivity index (χ3v) is 4.67. The van der Waals surface area contributed by atoms with Gasteiger partial charge < -0.3 is 4.90 Å². The van der Waals surface area contributed by atoms with Crippen LogP contribution in [0.4, 0.5) is 0 Å². The molecule has 88 valence electrons. The summed E-state index contributed by atoms with van der Waals surface area (Å²) < 4.78 is 0. The first-order valence-corrected chi connectivity index (χ1v) is 6.77. The van der Waals surface area contributed by atoms with Crippen LogP contribution in [0.2, 0.25) is 0 Å². The Balaban J connectivity index is 2.71. The highest BCUT2D eigenvalue weighted by atomic mass is 79.9. The van der Waals surface area contributed by atoms with Crippen LogP contribution in [0.3, 0.4) is 0 Å². The van der Waals surface area contributed by atoms with Gasteiger partial charge in [-0.2, -0.15) is 0 Å². The van der Waals surface area contributed by atoms with Gasteiger partial charge in [0.05, 0.1) is 0 Å². The van der Waals surface area contributed by atoms with E-state index in [0.717, 1.165) is 18.4 Å². The Labute approximate surface area is 102 Å². The molecule has 0 aromatic carbocycles. The summed E-state index contributed by atoms with van der Waals surface area (Å²) in [6, 6.07) is 0. The van der Waals surface area contributed by atoms with Gasteiger partial charge in [0, 0.05) is 24.3 Å². The molecule has 0 atom stereocenters. The van der Waals surface area contributed by atoms with Crippen LogP contribution >= 0.6 is 15.9 Å². The Kier molecular flexibility index (Phi) is 3.54. The number of carbonyl (C=O) groups is 1. The number of halogens is 1. The first-order chi connectivity index (χ1) is 6.80. The molecule has 0 saturated heterocycles. The van der Waals surface area contributed by atoms with Crippen molar-refractivity contribution in [2.75, 3.05) is 18.4 Å². The van der Waals surface area contributed by atoms with Crippen molar-refractivity contribution in [3.63, 3.8) is 0 Å². The monoisotopic (exact) mass is 275 g/mol. The van der Waals surface area contributed by atoms with Gasteiger partial charge >= 0.3 is 0 Å². The summed E-state index contributed by atoms with van der Waals surface area (Å²) in [7, 11) is 0. The van der Waals surface area contributed by atoms with Crippen molar-refractivity contribution in [3.05, 3.63) is 0 Å². The molecule has 3 heteroatoms. The third kappa shape index (κ3) is 1.95. The fourth-order valence-electron chi connectivity index (χ4n) is 2.52. The van der Waals surface area contributed by atoms with Crippen molar-refractivity contribution >= 4 is 21.8 Å². The first-order valence-electron chi connectivity index (χ1n) is 5.65. The summed E-state index contributed by atoms with van der Waals surface area (Å²) >= 11 is 3.39. The molecule has 0 N–H and O–H groups in total. The Morgan fingerprint density at radius 1 is 1.27 bits per heavy atom. The zero-order valence-electron chi connectivity index (χ0n) is 10.4. The number of carbonyl (C=O) groups excluding carboxylic acids is 1. The van der Waals surface area contributed by atoms with Crippen LogP contribution in [0.25, 0.3) is 0 Å². The molecule has 1 rings (SSSR count). The first kappa shape index (κ1) is 13.0. The molecule has 0 heterocycles. The molecule has 1 fully saturated rings. The van der Waals surface area contributed by atoms with E-state index in [1.807, 2.05) is 11.8 Å². The van der Waals surface area contributed by atoms with E-state index in [1.54, 1.807) is 0 Å². The predicted octanol–water partition coefficient (Wildman–Crippen LogP) is 2.91. The Bertz CT molecular complexity index is 246. The summed E-state index contributed by atoms with van der Waals surface area (Å²) in [6.07, 6.45) is 0. The molecular formula is C12H22BrNO. The van der Waals surface area contributed by atoms with Gasteiger partial charge in [-0.05, 0) is 17.8 Å². The van der Waals surface area contributed by atoms with Crippen molar-refractivity contribution in [1.29, 1.82) is 0 Å². The zero-order chi connectivity index (χ0) is 11.9. The van der Waals surface area contributed by atoms with E-state index in [9.17, 15) is 4.79 Å². The van der Waals surface area contributed by atoms with Crippen molar-refractivity contribution in [1.82, 2.24) is 4.90 Å². The molecular weight excluding hydrogens is 254 g/mol. The molecule has 1 saturated carbocycles. The van der Waals surface area contributed by atoms with Crippen LogP contribution in [-0.4, -0.2) is 29.2 Å². The smallest absolute Gasteiger partial charge is 0.226 e. The van der Waals surface area contributed by atoms with Gasteiger partial charge in [0.2, 0.25) is 5.91 Å². The van der Waals surface area contributed by atoms with E-state index < -0.39 is 0 Å². The minimum atomic E-state index is 0.157. The molecule has 15 heavy (non-hydrogen) atoms. The molecule has 2 nitrogen and oxygen atoms in total. The number of nitrogens with zero attached hydrogens (tertiary/aromatic N) is 1. The van der Waals surface area contributed by atoms with Gasteiger partial charge in [-0.3, -0.25) is 4.79 Å². The highest BCUT2D eigenvalue weighted by Crippen LogP contribution is 2.68. The van der Waals surface area contributed by atoms with E-state index >= 15 is 0 Å². The Morgan fingerprint density at radius 3 is 2.00 bits per heavy atom. The average molecular weight is 276 g/mol. The van der Waals surface area contributed by atoms with Gasteiger partial charge in [0.15, 0.2) is 0 Å².